The van der Waals surface area contributed by atoms with Gasteiger partial charge < -0.3 is 10.6 Å². The maximum Gasteiger partial charge on any atom is 0.0242 e. The van der Waals surface area contributed by atoms with Crippen molar-refractivity contribution >= 4 is 28.3 Å². The van der Waals surface area contributed by atoms with Gasteiger partial charge in [0, 0.05) is 23.1 Å². The van der Waals surface area contributed by atoms with Crippen LogP contribution in [-0.4, -0.2) is 24.0 Å². The van der Waals surface area contributed by atoms with E-state index in [4.69, 9.17) is 5.73 Å². The number of likely N-dealkylation sites (N-methyl/N-ethyl adjacent to an activating group) is 1. The fourth-order valence-electron chi connectivity index (χ4n) is 1.67. The minimum Gasteiger partial charge on any atom is -0.324 e. The van der Waals surface area contributed by atoms with Gasteiger partial charge in [0.25, 0.3) is 0 Å². The van der Waals surface area contributed by atoms with Crippen molar-refractivity contribution in [2.75, 3.05) is 13.6 Å². The highest BCUT2D eigenvalue weighted by Gasteiger charge is 2.14. The standard InChI is InChI=1S/C12H19BrN2.ClH/c1-12(2,14)9-15(3)8-10-6-4-5-7-11(10)13;/h4-7H,8-9,14H2,1-3H3;1H. The van der Waals surface area contributed by atoms with Crippen molar-refractivity contribution in [3.63, 3.8) is 0 Å². The number of nitrogens with zero attached hydrogens (tertiary/aromatic N) is 1. The van der Waals surface area contributed by atoms with Gasteiger partial charge in [-0.1, -0.05) is 34.1 Å². The van der Waals surface area contributed by atoms with Crippen molar-refractivity contribution in [2.45, 2.75) is 25.9 Å². The van der Waals surface area contributed by atoms with E-state index in [1.165, 1.54) is 5.56 Å². The first-order chi connectivity index (χ1) is 6.88. The minimum atomic E-state index is -0.143. The van der Waals surface area contributed by atoms with E-state index in [1.54, 1.807) is 0 Å². The smallest absolute Gasteiger partial charge is 0.0242 e. The summed E-state index contributed by atoms with van der Waals surface area (Å²) in [5, 5.41) is 0. The van der Waals surface area contributed by atoms with Gasteiger partial charge in [0.1, 0.15) is 0 Å². The zero-order valence-electron chi connectivity index (χ0n) is 10.0. The Morgan fingerprint density at radius 1 is 1.31 bits per heavy atom. The maximum atomic E-state index is 5.97. The van der Waals surface area contributed by atoms with Crippen molar-refractivity contribution in [1.29, 1.82) is 0 Å². The molecule has 4 heteroatoms. The van der Waals surface area contributed by atoms with Crippen LogP contribution in [0.1, 0.15) is 19.4 Å². The van der Waals surface area contributed by atoms with Crippen LogP contribution in [0.25, 0.3) is 0 Å². The second-order valence-corrected chi connectivity index (χ2v) is 5.61. The lowest BCUT2D eigenvalue weighted by molar-refractivity contribution is 0.263. The third kappa shape index (κ3) is 5.85. The van der Waals surface area contributed by atoms with E-state index >= 15 is 0 Å². The Bertz CT molecular complexity index is 323. The van der Waals surface area contributed by atoms with Gasteiger partial charge in [-0.3, -0.25) is 0 Å². The summed E-state index contributed by atoms with van der Waals surface area (Å²) in [4.78, 5) is 2.24. The summed E-state index contributed by atoms with van der Waals surface area (Å²) >= 11 is 3.55. The summed E-state index contributed by atoms with van der Waals surface area (Å²) in [6, 6.07) is 8.28. The molecule has 0 atom stereocenters. The Balaban J connectivity index is 0.00000225. The summed E-state index contributed by atoms with van der Waals surface area (Å²) in [5.74, 6) is 0. The Labute approximate surface area is 113 Å². The Morgan fingerprint density at radius 2 is 1.88 bits per heavy atom. The molecule has 1 aromatic rings. The van der Waals surface area contributed by atoms with Crippen LogP contribution in [-0.2, 0) is 6.54 Å². The predicted octanol–water partition coefficient (Wildman–Crippen LogP) is 3.04. The molecule has 0 aliphatic rings. The molecule has 1 aromatic carbocycles. The second kappa shape index (κ2) is 6.60. The number of hydrogen-bond acceptors (Lipinski definition) is 2. The third-order valence-corrected chi connectivity index (χ3v) is 2.85. The lowest BCUT2D eigenvalue weighted by Gasteiger charge is -2.26. The lowest BCUT2D eigenvalue weighted by atomic mass is 10.1. The molecule has 0 fully saturated rings. The summed E-state index contributed by atoms with van der Waals surface area (Å²) in [5.41, 5.74) is 7.13. The Kier molecular flexibility index (Phi) is 6.56. The summed E-state index contributed by atoms with van der Waals surface area (Å²) in [6.07, 6.45) is 0. The average molecular weight is 308 g/mol. The Morgan fingerprint density at radius 3 is 2.38 bits per heavy atom. The first kappa shape index (κ1) is 15.9. The molecular formula is C12H20BrClN2. The van der Waals surface area contributed by atoms with Crippen LogP contribution in [0.2, 0.25) is 0 Å². The molecule has 0 amide bonds. The van der Waals surface area contributed by atoms with Crippen LogP contribution in [0.4, 0.5) is 0 Å². The number of halogens is 2. The van der Waals surface area contributed by atoms with E-state index in [1.807, 2.05) is 19.9 Å². The molecule has 0 heterocycles. The first-order valence-corrected chi connectivity index (χ1v) is 5.88. The van der Waals surface area contributed by atoms with Gasteiger partial charge in [0.05, 0.1) is 0 Å². The molecule has 0 aliphatic heterocycles. The van der Waals surface area contributed by atoms with Crippen LogP contribution < -0.4 is 5.73 Å². The van der Waals surface area contributed by atoms with E-state index < -0.39 is 0 Å². The fourth-order valence-corrected chi connectivity index (χ4v) is 2.08. The monoisotopic (exact) mass is 306 g/mol. The molecule has 92 valence electrons. The molecule has 1 rings (SSSR count). The molecular weight excluding hydrogens is 288 g/mol. The number of nitrogens with two attached hydrogens (primary N) is 1. The average Bonchev–Trinajstić information content (AvgIpc) is 2.05. The summed E-state index contributed by atoms with van der Waals surface area (Å²) in [6.45, 7) is 5.89. The van der Waals surface area contributed by atoms with Gasteiger partial charge in [-0.15, -0.1) is 12.4 Å². The molecule has 16 heavy (non-hydrogen) atoms. The van der Waals surface area contributed by atoms with Gasteiger partial charge in [0.15, 0.2) is 0 Å². The molecule has 0 saturated heterocycles. The van der Waals surface area contributed by atoms with E-state index in [9.17, 15) is 0 Å². The van der Waals surface area contributed by atoms with Gasteiger partial charge in [-0.05, 0) is 32.5 Å². The lowest BCUT2D eigenvalue weighted by Crippen LogP contribution is -2.43. The van der Waals surface area contributed by atoms with Crippen LogP contribution in [0.3, 0.4) is 0 Å². The molecule has 0 spiro atoms. The van der Waals surface area contributed by atoms with Crippen LogP contribution >= 0.6 is 28.3 Å². The maximum absolute atomic E-state index is 5.97. The van der Waals surface area contributed by atoms with Gasteiger partial charge >= 0.3 is 0 Å². The van der Waals surface area contributed by atoms with Crippen molar-refractivity contribution < 1.29 is 0 Å². The van der Waals surface area contributed by atoms with Crippen molar-refractivity contribution in [1.82, 2.24) is 4.90 Å². The van der Waals surface area contributed by atoms with Crippen LogP contribution in [0.5, 0.6) is 0 Å². The zero-order valence-corrected chi connectivity index (χ0v) is 12.4. The molecule has 0 aromatic heterocycles. The molecule has 2 N–H and O–H groups in total. The number of rotatable bonds is 4. The molecule has 0 aliphatic carbocycles. The van der Waals surface area contributed by atoms with Gasteiger partial charge in [0.2, 0.25) is 0 Å². The highest BCUT2D eigenvalue weighted by atomic mass is 79.9. The van der Waals surface area contributed by atoms with Crippen molar-refractivity contribution in [2.24, 2.45) is 5.73 Å². The SMILES string of the molecule is CN(Cc1ccccc1Br)CC(C)(C)N.Cl. The quantitative estimate of drug-likeness (QED) is 0.926. The van der Waals surface area contributed by atoms with E-state index in [0.29, 0.717) is 0 Å². The largest absolute Gasteiger partial charge is 0.324 e. The number of benzene rings is 1. The van der Waals surface area contributed by atoms with Crippen LogP contribution in [0.15, 0.2) is 28.7 Å². The fraction of sp³-hybridized carbons (Fsp3) is 0.500. The molecule has 0 saturated carbocycles. The van der Waals surface area contributed by atoms with E-state index in [0.717, 1.165) is 17.6 Å². The van der Waals surface area contributed by atoms with Gasteiger partial charge in [-0.2, -0.15) is 0 Å². The van der Waals surface area contributed by atoms with E-state index in [2.05, 4.69) is 46.1 Å². The van der Waals surface area contributed by atoms with E-state index in [-0.39, 0.29) is 17.9 Å². The third-order valence-electron chi connectivity index (χ3n) is 2.08. The minimum absolute atomic E-state index is 0. The first-order valence-electron chi connectivity index (χ1n) is 5.09. The molecule has 0 bridgehead atoms. The molecule has 0 radical (unpaired) electrons. The highest BCUT2D eigenvalue weighted by Crippen LogP contribution is 2.17. The van der Waals surface area contributed by atoms with Crippen molar-refractivity contribution in [3.8, 4) is 0 Å². The summed E-state index contributed by atoms with van der Waals surface area (Å²) < 4.78 is 1.16. The molecule has 2 nitrogen and oxygen atoms in total. The highest BCUT2D eigenvalue weighted by molar-refractivity contribution is 9.10. The topological polar surface area (TPSA) is 29.3 Å². The van der Waals surface area contributed by atoms with Crippen LogP contribution in [0, 0.1) is 0 Å². The van der Waals surface area contributed by atoms with Gasteiger partial charge in [-0.25, -0.2) is 0 Å². The Hall–Kier alpha value is -0.0900. The normalized spacial score (nSPS) is 11.4. The second-order valence-electron chi connectivity index (χ2n) is 4.75. The summed E-state index contributed by atoms with van der Waals surface area (Å²) in [7, 11) is 2.09. The zero-order chi connectivity index (χ0) is 11.5. The van der Waals surface area contributed by atoms with Crippen molar-refractivity contribution in [3.05, 3.63) is 34.3 Å². The predicted molar refractivity (Wildman–Crippen MR) is 76.0 cm³/mol. The molecule has 0 unspecified atom stereocenters. The number of hydrogen-bond donors (Lipinski definition) is 1.